The summed E-state index contributed by atoms with van der Waals surface area (Å²) in [7, 11) is 0. The third kappa shape index (κ3) is 3.00. The zero-order chi connectivity index (χ0) is 14.9. The first-order valence-corrected chi connectivity index (χ1v) is 7.30. The Morgan fingerprint density at radius 1 is 0.950 bits per heavy atom. The van der Waals surface area contributed by atoms with Crippen molar-refractivity contribution >= 4 is 0 Å². The molecular formula is C16H22F3N. The van der Waals surface area contributed by atoms with E-state index in [4.69, 9.17) is 5.73 Å². The Balaban J connectivity index is 2.09. The van der Waals surface area contributed by atoms with Crippen molar-refractivity contribution in [3.05, 3.63) is 35.1 Å². The van der Waals surface area contributed by atoms with E-state index >= 15 is 0 Å². The highest BCUT2D eigenvalue weighted by Gasteiger charge is 2.30. The van der Waals surface area contributed by atoms with Crippen LogP contribution in [0.3, 0.4) is 0 Å². The molecule has 1 aromatic carbocycles. The van der Waals surface area contributed by atoms with E-state index in [1.807, 2.05) is 0 Å². The van der Waals surface area contributed by atoms with Gasteiger partial charge in [-0.1, -0.05) is 19.9 Å². The minimum Gasteiger partial charge on any atom is -0.324 e. The van der Waals surface area contributed by atoms with Crippen molar-refractivity contribution in [1.29, 1.82) is 0 Å². The number of hydrogen-bond donors (Lipinski definition) is 1. The van der Waals surface area contributed by atoms with Crippen LogP contribution in [0.2, 0.25) is 0 Å². The van der Waals surface area contributed by atoms with Crippen LogP contribution in [-0.2, 0) is 0 Å². The van der Waals surface area contributed by atoms with Crippen LogP contribution in [0.5, 0.6) is 0 Å². The van der Waals surface area contributed by atoms with Crippen LogP contribution in [0.25, 0.3) is 0 Å². The van der Waals surface area contributed by atoms with Gasteiger partial charge in [-0.15, -0.1) is 0 Å². The first-order chi connectivity index (χ1) is 9.41. The van der Waals surface area contributed by atoms with Crippen LogP contribution < -0.4 is 5.73 Å². The third-order valence-electron chi connectivity index (χ3n) is 4.69. The molecule has 0 bridgehead atoms. The number of benzene rings is 1. The van der Waals surface area contributed by atoms with Gasteiger partial charge in [-0.3, -0.25) is 0 Å². The molecular weight excluding hydrogens is 263 g/mol. The highest BCUT2D eigenvalue weighted by atomic mass is 19.2. The van der Waals surface area contributed by atoms with E-state index in [9.17, 15) is 13.2 Å². The number of nitrogens with two attached hydrogens (primary N) is 1. The molecule has 112 valence electrons. The van der Waals surface area contributed by atoms with E-state index < -0.39 is 23.5 Å². The van der Waals surface area contributed by atoms with Crippen molar-refractivity contribution in [3.8, 4) is 0 Å². The maximum absolute atomic E-state index is 13.8. The topological polar surface area (TPSA) is 26.0 Å². The Kier molecular flexibility index (Phi) is 4.74. The molecule has 0 aromatic heterocycles. The molecule has 1 aliphatic rings. The molecule has 0 spiro atoms. The quantitative estimate of drug-likeness (QED) is 0.809. The molecule has 1 nitrogen and oxygen atoms in total. The molecule has 0 heterocycles. The first-order valence-electron chi connectivity index (χ1n) is 7.30. The lowest BCUT2D eigenvalue weighted by Crippen LogP contribution is -2.28. The SMILES string of the molecule is CC(C)C1CCC(C(N)c2ccc(F)c(F)c2F)CC1. The van der Waals surface area contributed by atoms with E-state index in [1.54, 1.807) is 0 Å². The molecule has 1 aliphatic carbocycles. The first kappa shape index (κ1) is 15.4. The molecule has 4 heteroatoms. The van der Waals surface area contributed by atoms with Gasteiger partial charge in [-0.2, -0.15) is 0 Å². The summed E-state index contributed by atoms with van der Waals surface area (Å²) in [6.45, 7) is 4.42. The van der Waals surface area contributed by atoms with Crippen molar-refractivity contribution in [2.24, 2.45) is 23.5 Å². The van der Waals surface area contributed by atoms with Crippen LogP contribution in [-0.4, -0.2) is 0 Å². The van der Waals surface area contributed by atoms with Gasteiger partial charge in [-0.05, 0) is 49.5 Å². The zero-order valence-corrected chi connectivity index (χ0v) is 12.0. The smallest absolute Gasteiger partial charge is 0.194 e. The fourth-order valence-corrected chi connectivity index (χ4v) is 3.22. The Bertz CT molecular complexity index is 465. The molecule has 1 fully saturated rings. The lowest BCUT2D eigenvalue weighted by molar-refractivity contribution is 0.201. The lowest BCUT2D eigenvalue weighted by Gasteiger charge is -2.34. The van der Waals surface area contributed by atoms with Gasteiger partial charge in [0.25, 0.3) is 0 Å². The van der Waals surface area contributed by atoms with Gasteiger partial charge in [0.2, 0.25) is 0 Å². The molecule has 1 atom stereocenters. The van der Waals surface area contributed by atoms with Crippen molar-refractivity contribution in [2.75, 3.05) is 0 Å². The molecule has 0 amide bonds. The van der Waals surface area contributed by atoms with Gasteiger partial charge >= 0.3 is 0 Å². The average molecular weight is 285 g/mol. The van der Waals surface area contributed by atoms with Gasteiger partial charge in [0.15, 0.2) is 17.5 Å². The maximum atomic E-state index is 13.8. The molecule has 0 aliphatic heterocycles. The van der Waals surface area contributed by atoms with Crippen LogP contribution in [0.4, 0.5) is 13.2 Å². The average Bonchev–Trinajstić information content (AvgIpc) is 2.44. The number of rotatable bonds is 3. The summed E-state index contributed by atoms with van der Waals surface area (Å²) < 4.78 is 40.0. The predicted molar refractivity (Wildman–Crippen MR) is 73.5 cm³/mol. The fourth-order valence-electron chi connectivity index (χ4n) is 3.22. The second-order valence-electron chi connectivity index (χ2n) is 6.21. The van der Waals surface area contributed by atoms with Crippen LogP contribution >= 0.6 is 0 Å². The van der Waals surface area contributed by atoms with Gasteiger partial charge in [0.1, 0.15) is 0 Å². The van der Waals surface area contributed by atoms with Gasteiger partial charge in [-0.25, -0.2) is 13.2 Å². The van der Waals surface area contributed by atoms with E-state index in [2.05, 4.69) is 13.8 Å². The molecule has 20 heavy (non-hydrogen) atoms. The van der Waals surface area contributed by atoms with E-state index in [0.717, 1.165) is 31.7 Å². The summed E-state index contributed by atoms with van der Waals surface area (Å²) in [5, 5.41) is 0. The third-order valence-corrected chi connectivity index (χ3v) is 4.69. The summed E-state index contributed by atoms with van der Waals surface area (Å²) >= 11 is 0. The molecule has 2 N–H and O–H groups in total. The van der Waals surface area contributed by atoms with E-state index in [0.29, 0.717) is 11.8 Å². The minimum atomic E-state index is -1.42. The Hall–Kier alpha value is -1.03. The second kappa shape index (κ2) is 6.17. The Morgan fingerprint density at radius 2 is 1.50 bits per heavy atom. The van der Waals surface area contributed by atoms with Gasteiger partial charge < -0.3 is 5.73 Å². The summed E-state index contributed by atoms with van der Waals surface area (Å²) in [4.78, 5) is 0. The number of halogens is 3. The van der Waals surface area contributed by atoms with E-state index in [1.165, 1.54) is 6.07 Å². The monoisotopic (exact) mass is 285 g/mol. The standard InChI is InChI=1S/C16H22F3N/c1-9(2)10-3-5-11(6-4-10)16(20)12-7-8-13(17)15(19)14(12)18/h7-11,16H,3-6,20H2,1-2H3. The molecule has 0 radical (unpaired) electrons. The summed E-state index contributed by atoms with van der Waals surface area (Å²) in [5.74, 6) is -2.25. The Morgan fingerprint density at radius 3 is 2.05 bits per heavy atom. The largest absolute Gasteiger partial charge is 0.324 e. The van der Waals surface area contributed by atoms with Crippen LogP contribution in [0.15, 0.2) is 12.1 Å². The van der Waals surface area contributed by atoms with Crippen molar-refractivity contribution in [3.63, 3.8) is 0 Å². The van der Waals surface area contributed by atoms with Crippen LogP contribution in [0, 0.1) is 35.2 Å². The molecule has 2 rings (SSSR count). The van der Waals surface area contributed by atoms with Crippen molar-refractivity contribution in [1.82, 2.24) is 0 Å². The molecule has 1 saturated carbocycles. The normalized spacial score (nSPS) is 24.9. The van der Waals surface area contributed by atoms with Crippen molar-refractivity contribution in [2.45, 2.75) is 45.6 Å². The highest BCUT2D eigenvalue weighted by molar-refractivity contribution is 5.24. The highest BCUT2D eigenvalue weighted by Crippen LogP contribution is 2.39. The lowest BCUT2D eigenvalue weighted by atomic mass is 9.73. The summed E-state index contributed by atoms with van der Waals surface area (Å²) in [6, 6.07) is 1.67. The fraction of sp³-hybridized carbons (Fsp3) is 0.625. The minimum absolute atomic E-state index is 0.0943. The zero-order valence-electron chi connectivity index (χ0n) is 12.0. The predicted octanol–water partition coefficient (Wildman–Crippen LogP) is 4.57. The molecule has 1 unspecified atom stereocenters. The number of hydrogen-bond acceptors (Lipinski definition) is 1. The van der Waals surface area contributed by atoms with Gasteiger partial charge in [0.05, 0.1) is 0 Å². The summed E-state index contributed by atoms with van der Waals surface area (Å²) in [6.07, 6.45) is 3.98. The Labute approximate surface area is 118 Å². The molecule has 0 saturated heterocycles. The van der Waals surface area contributed by atoms with Gasteiger partial charge in [0, 0.05) is 11.6 Å². The maximum Gasteiger partial charge on any atom is 0.194 e. The van der Waals surface area contributed by atoms with E-state index in [-0.39, 0.29) is 11.5 Å². The van der Waals surface area contributed by atoms with Crippen molar-refractivity contribution < 1.29 is 13.2 Å². The molecule has 1 aromatic rings. The van der Waals surface area contributed by atoms with Crippen LogP contribution in [0.1, 0.15) is 51.1 Å². The summed E-state index contributed by atoms with van der Waals surface area (Å²) in [5.41, 5.74) is 6.18. The second-order valence-corrected chi connectivity index (χ2v) is 6.21.